The van der Waals surface area contributed by atoms with Crippen molar-refractivity contribution in [3.8, 4) is 0 Å². The maximum atomic E-state index is 10.9. The molecule has 1 radical (unpaired) electrons. The van der Waals surface area contributed by atoms with Gasteiger partial charge in [0.2, 0.25) is 0 Å². The Labute approximate surface area is 57.3 Å². The van der Waals surface area contributed by atoms with Gasteiger partial charge in [0, 0.05) is 20.3 Å². The molecule has 0 aliphatic carbocycles. The maximum absolute atomic E-state index is 10.9. The van der Waals surface area contributed by atoms with Crippen LogP contribution in [-0.4, -0.2) is 9.13 Å². The molecule has 0 fully saturated rings. The quantitative estimate of drug-likeness (QED) is 0.457. The Morgan fingerprint density at radius 2 is 2.00 bits per heavy atom. The lowest BCUT2D eigenvalue weighted by Gasteiger charge is -1.96. The zero-order valence-electron chi connectivity index (χ0n) is 5.79. The maximum Gasteiger partial charge on any atom is 0.330 e. The van der Waals surface area contributed by atoms with Gasteiger partial charge in [-0.15, -0.1) is 0 Å². The lowest BCUT2D eigenvalue weighted by atomic mass is 10.6. The van der Waals surface area contributed by atoms with Gasteiger partial charge in [-0.1, -0.05) is 0 Å². The molecule has 0 aromatic carbocycles. The van der Waals surface area contributed by atoms with Crippen LogP contribution in [0.15, 0.2) is 15.8 Å². The van der Waals surface area contributed by atoms with Crippen LogP contribution in [0.3, 0.4) is 0 Å². The van der Waals surface area contributed by atoms with E-state index >= 15 is 0 Å². The Balaban J connectivity index is 3.66. The van der Waals surface area contributed by atoms with Gasteiger partial charge in [0.05, 0.1) is 6.07 Å². The number of hydrogen-bond donors (Lipinski definition) is 0. The van der Waals surface area contributed by atoms with E-state index in [9.17, 15) is 9.59 Å². The van der Waals surface area contributed by atoms with Crippen LogP contribution in [0.1, 0.15) is 0 Å². The van der Waals surface area contributed by atoms with Crippen molar-refractivity contribution < 1.29 is 0 Å². The van der Waals surface area contributed by atoms with Crippen molar-refractivity contribution in [1.29, 1.82) is 0 Å². The van der Waals surface area contributed by atoms with Crippen molar-refractivity contribution in [3.05, 3.63) is 33.1 Å². The third-order valence-corrected chi connectivity index (χ3v) is 1.27. The summed E-state index contributed by atoms with van der Waals surface area (Å²) >= 11 is 0. The Morgan fingerprint density at radius 1 is 1.40 bits per heavy atom. The summed E-state index contributed by atoms with van der Waals surface area (Å²) < 4.78 is 2.29. The van der Waals surface area contributed by atoms with Gasteiger partial charge in [-0.3, -0.25) is 9.36 Å². The normalized spacial score (nSPS) is 9.80. The summed E-state index contributed by atoms with van der Waals surface area (Å²) in [5, 5.41) is 0. The first kappa shape index (κ1) is 6.80. The molecule has 0 aliphatic heterocycles. The Morgan fingerprint density at radius 3 is 2.50 bits per heavy atom. The molecule has 4 nitrogen and oxygen atoms in total. The van der Waals surface area contributed by atoms with Crippen LogP contribution in [0, 0.1) is 6.07 Å². The highest BCUT2D eigenvalue weighted by Crippen LogP contribution is 1.64. The first-order chi connectivity index (χ1) is 4.63. The number of hydrogen-bond acceptors (Lipinski definition) is 2. The van der Waals surface area contributed by atoms with Crippen LogP contribution < -0.4 is 11.2 Å². The summed E-state index contributed by atoms with van der Waals surface area (Å²) in [7, 11) is 2.99. The molecule has 1 aromatic rings. The summed E-state index contributed by atoms with van der Waals surface area (Å²) in [6.45, 7) is 0. The van der Waals surface area contributed by atoms with Gasteiger partial charge in [-0.25, -0.2) is 4.79 Å². The third kappa shape index (κ3) is 0.877. The van der Waals surface area contributed by atoms with Crippen molar-refractivity contribution in [2.75, 3.05) is 0 Å². The van der Waals surface area contributed by atoms with E-state index in [1.807, 2.05) is 0 Å². The zero-order chi connectivity index (χ0) is 7.72. The predicted molar refractivity (Wildman–Crippen MR) is 35.8 cm³/mol. The van der Waals surface area contributed by atoms with Crippen molar-refractivity contribution >= 4 is 0 Å². The minimum absolute atomic E-state index is 0.330. The lowest BCUT2D eigenvalue weighted by molar-refractivity contribution is 0.683. The highest BCUT2D eigenvalue weighted by Gasteiger charge is 1.94. The topological polar surface area (TPSA) is 44.0 Å². The summed E-state index contributed by atoms with van der Waals surface area (Å²) in [6, 6.07) is 2.38. The van der Waals surface area contributed by atoms with E-state index in [0.717, 1.165) is 4.57 Å². The van der Waals surface area contributed by atoms with Crippen molar-refractivity contribution in [1.82, 2.24) is 9.13 Å². The molecule has 0 atom stereocenters. The molecule has 1 rings (SSSR count). The van der Waals surface area contributed by atoms with Crippen LogP contribution in [0.5, 0.6) is 0 Å². The highest BCUT2D eigenvalue weighted by atomic mass is 16.2. The minimum atomic E-state index is -0.400. The summed E-state index contributed by atoms with van der Waals surface area (Å²) in [4.78, 5) is 21.6. The minimum Gasteiger partial charge on any atom is -0.303 e. The van der Waals surface area contributed by atoms with E-state index in [4.69, 9.17) is 0 Å². The molecule has 0 unspecified atom stereocenters. The van der Waals surface area contributed by atoms with Gasteiger partial charge >= 0.3 is 5.69 Å². The lowest BCUT2D eigenvalue weighted by Crippen LogP contribution is -2.35. The molecular formula is C6H7N2O2. The molecule has 4 heteroatoms. The monoisotopic (exact) mass is 139 g/mol. The second-order valence-electron chi connectivity index (χ2n) is 2.03. The van der Waals surface area contributed by atoms with Gasteiger partial charge in [0.15, 0.2) is 0 Å². The molecule has 10 heavy (non-hydrogen) atoms. The molecule has 0 aliphatic rings. The zero-order valence-corrected chi connectivity index (χ0v) is 5.79. The van der Waals surface area contributed by atoms with Crippen molar-refractivity contribution in [2.24, 2.45) is 14.1 Å². The standard InChI is InChI=1S/C6H7N2O2/c1-7-4-3-5(9)8(2)6(7)10/h4H,1-2H3. The SMILES string of the molecule is Cn1c[c]c(=O)n(C)c1=O. The first-order valence-corrected chi connectivity index (χ1v) is 2.77. The molecule has 0 spiro atoms. The highest BCUT2D eigenvalue weighted by molar-refractivity contribution is 4.81. The summed E-state index contributed by atoms with van der Waals surface area (Å²) in [5.74, 6) is 0. The van der Waals surface area contributed by atoms with E-state index in [1.165, 1.54) is 17.8 Å². The van der Waals surface area contributed by atoms with Gasteiger partial charge < -0.3 is 4.57 Å². The van der Waals surface area contributed by atoms with Crippen molar-refractivity contribution in [2.45, 2.75) is 0 Å². The third-order valence-electron chi connectivity index (χ3n) is 1.27. The van der Waals surface area contributed by atoms with E-state index in [0.29, 0.717) is 0 Å². The number of aromatic nitrogens is 2. The van der Waals surface area contributed by atoms with Crippen LogP contribution >= 0.6 is 0 Å². The number of rotatable bonds is 0. The van der Waals surface area contributed by atoms with Gasteiger partial charge in [-0.05, 0) is 0 Å². The van der Waals surface area contributed by atoms with Gasteiger partial charge in [-0.2, -0.15) is 0 Å². The molecule has 1 aromatic heterocycles. The molecule has 53 valence electrons. The first-order valence-electron chi connectivity index (χ1n) is 2.77. The van der Waals surface area contributed by atoms with E-state index < -0.39 is 5.56 Å². The fourth-order valence-corrected chi connectivity index (χ4v) is 0.628. The molecule has 0 saturated heterocycles. The smallest absolute Gasteiger partial charge is 0.303 e. The Kier molecular flexibility index (Phi) is 1.45. The average Bonchev–Trinajstić information content (AvgIpc) is 1.93. The average molecular weight is 139 g/mol. The van der Waals surface area contributed by atoms with Crippen LogP contribution in [0.2, 0.25) is 0 Å². The fourth-order valence-electron chi connectivity index (χ4n) is 0.628. The van der Waals surface area contributed by atoms with Crippen molar-refractivity contribution in [3.63, 3.8) is 0 Å². The Bertz CT molecular complexity index is 348. The van der Waals surface area contributed by atoms with Crippen LogP contribution in [0.25, 0.3) is 0 Å². The molecule has 0 N–H and O–H groups in total. The van der Waals surface area contributed by atoms with E-state index in [1.54, 1.807) is 7.05 Å². The fraction of sp³-hybridized carbons (Fsp3) is 0.333. The molecule has 0 saturated carbocycles. The molecule has 1 heterocycles. The van der Waals surface area contributed by atoms with Crippen LogP contribution in [0.4, 0.5) is 0 Å². The van der Waals surface area contributed by atoms with Gasteiger partial charge in [0.25, 0.3) is 5.56 Å². The van der Waals surface area contributed by atoms with Gasteiger partial charge in [0.1, 0.15) is 0 Å². The largest absolute Gasteiger partial charge is 0.330 e. The number of nitrogens with zero attached hydrogens (tertiary/aromatic N) is 2. The summed E-state index contributed by atoms with van der Waals surface area (Å²) in [6.07, 6.45) is 1.32. The van der Waals surface area contributed by atoms with E-state index in [2.05, 4.69) is 6.07 Å². The molecular weight excluding hydrogens is 132 g/mol. The second-order valence-corrected chi connectivity index (χ2v) is 2.03. The predicted octanol–water partition coefficient (Wildman–Crippen LogP) is -1.12. The summed E-state index contributed by atoms with van der Waals surface area (Å²) in [5.41, 5.74) is -0.730. The number of aryl methyl sites for hydroxylation is 1. The molecule has 0 bridgehead atoms. The molecule has 0 amide bonds. The van der Waals surface area contributed by atoms with E-state index in [-0.39, 0.29) is 5.69 Å². The second kappa shape index (κ2) is 2.13. The Hall–Kier alpha value is -1.32. The van der Waals surface area contributed by atoms with Crippen LogP contribution in [-0.2, 0) is 14.1 Å².